The molecule has 34 heavy (non-hydrogen) atoms. The van der Waals surface area contributed by atoms with Crippen LogP contribution in [0.5, 0.6) is 0 Å². The van der Waals surface area contributed by atoms with Gasteiger partial charge in [0.2, 0.25) is 5.91 Å². The molecule has 0 radical (unpaired) electrons. The standard InChI is InChI=1S/C29H28N2O3/c1-2-30(26(32)19-31-28(33)24-14-8-9-15-25(24)29(31)34)27-22(18-20-10-4-3-5-11-20)17-16-21-12-6-7-13-23(21)27/h3-15,22,27H,2,16-19H2,1H3. The van der Waals surface area contributed by atoms with Gasteiger partial charge in [-0.3, -0.25) is 19.3 Å². The van der Waals surface area contributed by atoms with Crippen LogP contribution in [-0.2, 0) is 17.6 Å². The second-order valence-corrected chi connectivity index (χ2v) is 9.05. The fourth-order valence-corrected chi connectivity index (χ4v) is 5.49. The number of hydrogen-bond donors (Lipinski definition) is 0. The van der Waals surface area contributed by atoms with Crippen molar-refractivity contribution in [2.75, 3.05) is 13.1 Å². The molecule has 0 fully saturated rings. The summed E-state index contributed by atoms with van der Waals surface area (Å²) < 4.78 is 0. The molecule has 172 valence electrons. The average molecular weight is 453 g/mol. The Balaban J connectivity index is 1.44. The van der Waals surface area contributed by atoms with E-state index >= 15 is 0 Å². The summed E-state index contributed by atoms with van der Waals surface area (Å²) in [5, 5.41) is 0. The van der Waals surface area contributed by atoms with E-state index in [-0.39, 0.29) is 24.4 Å². The first-order valence-corrected chi connectivity index (χ1v) is 11.9. The van der Waals surface area contributed by atoms with E-state index in [4.69, 9.17) is 0 Å². The molecule has 3 amide bonds. The number of imide groups is 1. The Morgan fingerprint density at radius 1 is 0.882 bits per heavy atom. The highest BCUT2D eigenvalue weighted by molar-refractivity contribution is 6.22. The third-order valence-corrected chi connectivity index (χ3v) is 7.11. The van der Waals surface area contributed by atoms with Crippen LogP contribution in [0.15, 0.2) is 78.9 Å². The van der Waals surface area contributed by atoms with Crippen molar-refractivity contribution in [1.29, 1.82) is 0 Å². The van der Waals surface area contributed by atoms with Gasteiger partial charge in [0, 0.05) is 6.54 Å². The smallest absolute Gasteiger partial charge is 0.262 e. The van der Waals surface area contributed by atoms with Crippen LogP contribution in [0.3, 0.4) is 0 Å². The highest BCUT2D eigenvalue weighted by atomic mass is 16.2. The van der Waals surface area contributed by atoms with Gasteiger partial charge in [0.25, 0.3) is 11.8 Å². The molecular formula is C29H28N2O3. The first-order chi connectivity index (χ1) is 16.6. The van der Waals surface area contributed by atoms with Crippen LogP contribution in [0.4, 0.5) is 0 Å². The molecule has 5 rings (SSSR count). The summed E-state index contributed by atoms with van der Waals surface area (Å²) in [6.07, 6.45) is 2.83. The van der Waals surface area contributed by atoms with Crippen molar-refractivity contribution in [2.45, 2.75) is 32.2 Å². The lowest BCUT2D eigenvalue weighted by Gasteiger charge is -2.41. The number of likely N-dealkylation sites (N-methyl/N-ethyl adjacent to an activating group) is 1. The minimum Gasteiger partial charge on any atom is -0.334 e. The summed E-state index contributed by atoms with van der Waals surface area (Å²) in [6.45, 7) is 2.24. The van der Waals surface area contributed by atoms with E-state index in [1.165, 1.54) is 16.7 Å². The second-order valence-electron chi connectivity index (χ2n) is 9.05. The zero-order valence-electron chi connectivity index (χ0n) is 19.3. The number of carbonyl (C=O) groups is 3. The SMILES string of the molecule is CCN(C(=O)CN1C(=O)c2ccccc2C1=O)C1c2ccccc2CCC1Cc1ccccc1. The van der Waals surface area contributed by atoms with Gasteiger partial charge in [-0.1, -0.05) is 66.7 Å². The summed E-state index contributed by atoms with van der Waals surface area (Å²) in [5.41, 5.74) is 4.43. The molecule has 1 aliphatic heterocycles. The van der Waals surface area contributed by atoms with Crippen molar-refractivity contribution in [2.24, 2.45) is 5.92 Å². The van der Waals surface area contributed by atoms with E-state index in [9.17, 15) is 14.4 Å². The predicted octanol–water partition coefficient (Wildman–Crippen LogP) is 4.68. The molecule has 0 aromatic heterocycles. The maximum atomic E-state index is 13.7. The molecule has 1 aliphatic carbocycles. The van der Waals surface area contributed by atoms with Gasteiger partial charge in [-0.05, 0) is 60.9 Å². The third-order valence-electron chi connectivity index (χ3n) is 7.11. The molecule has 5 nitrogen and oxygen atoms in total. The van der Waals surface area contributed by atoms with Gasteiger partial charge >= 0.3 is 0 Å². The monoisotopic (exact) mass is 452 g/mol. The average Bonchev–Trinajstić information content (AvgIpc) is 3.11. The summed E-state index contributed by atoms with van der Waals surface area (Å²) in [5.74, 6) is -0.732. The van der Waals surface area contributed by atoms with E-state index in [0.717, 1.165) is 24.2 Å². The molecule has 5 heteroatoms. The highest BCUT2D eigenvalue weighted by Crippen LogP contribution is 2.40. The number of aryl methyl sites for hydroxylation is 1. The number of carbonyl (C=O) groups excluding carboxylic acids is 3. The minimum atomic E-state index is -0.394. The Morgan fingerprint density at radius 3 is 2.18 bits per heavy atom. The van der Waals surface area contributed by atoms with E-state index < -0.39 is 11.8 Å². The number of rotatable bonds is 6. The van der Waals surface area contributed by atoms with Gasteiger partial charge in [-0.2, -0.15) is 0 Å². The van der Waals surface area contributed by atoms with Crippen LogP contribution in [0, 0.1) is 5.92 Å². The second kappa shape index (κ2) is 9.26. The Labute approximate surface area is 200 Å². The Hall–Kier alpha value is -3.73. The molecule has 1 heterocycles. The normalized spacial score (nSPS) is 19.0. The summed E-state index contributed by atoms with van der Waals surface area (Å²) in [6, 6.07) is 25.4. The fourth-order valence-electron chi connectivity index (χ4n) is 5.49. The number of amides is 3. The first-order valence-electron chi connectivity index (χ1n) is 11.9. The molecular weight excluding hydrogens is 424 g/mol. The van der Waals surface area contributed by atoms with Gasteiger partial charge in [0.1, 0.15) is 6.54 Å². The lowest BCUT2D eigenvalue weighted by Crippen LogP contribution is -2.47. The molecule has 3 aromatic rings. The number of hydrogen-bond acceptors (Lipinski definition) is 3. The van der Waals surface area contributed by atoms with Crippen molar-refractivity contribution >= 4 is 17.7 Å². The van der Waals surface area contributed by atoms with Crippen LogP contribution >= 0.6 is 0 Å². The van der Waals surface area contributed by atoms with Crippen molar-refractivity contribution in [3.8, 4) is 0 Å². The van der Waals surface area contributed by atoms with Crippen molar-refractivity contribution in [1.82, 2.24) is 9.80 Å². The van der Waals surface area contributed by atoms with Crippen LogP contribution in [-0.4, -0.2) is 40.6 Å². The molecule has 0 saturated heterocycles. The Kier molecular flexibility index (Phi) is 6.01. The van der Waals surface area contributed by atoms with Crippen LogP contribution < -0.4 is 0 Å². The summed E-state index contributed by atoms with van der Waals surface area (Å²) in [4.78, 5) is 42.4. The topological polar surface area (TPSA) is 57.7 Å². The van der Waals surface area contributed by atoms with E-state index in [1.807, 2.05) is 42.2 Å². The first kappa shape index (κ1) is 22.1. The predicted molar refractivity (Wildman–Crippen MR) is 130 cm³/mol. The zero-order valence-corrected chi connectivity index (χ0v) is 19.3. The molecule has 2 atom stereocenters. The van der Waals surface area contributed by atoms with Crippen LogP contribution in [0.1, 0.15) is 56.8 Å². The highest BCUT2D eigenvalue weighted by Gasteiger charge is 2.40. The number of nitrogens with zero attached hydrogens (tertiary/aromatic N) is 2. The third kappa shape index (κ3) is 3.92. The summed E-state index contributed by atoms with van der Waals surface area (Å²) >= 11 is 0. The molecule has 0 N–H and O–H groups in total. The van der Waals surface area contributed by atoms with Crippen LogP contribution in [0.2, 0.25) is 0 Å². The molecule has 2 aliphatic rings. The molecule has 0 saturated carbocycles. The minimum absolute atomic E-state index is 0.0992. The quantitative estimate of drug-likeness (QED) is 0.511. The van der Waals surface area contributed by atoms with Gasteiger partial charge in [-0.25, -0.2) is 0 Å². The van der Waals surface area contributed by atoms with Crippen LogP contribution in [0.25, 0.3) is 0 Å². The van der Waals surface area contributed by atoms with E-state index in [1.54, 1.807) is 24.3 Å². The lowest BCUT2D eigenvalue weighted by molar-refractivity contribution is -0.135. The molecule has 0 bridgehead atoms. The van der Waals surface area contributed by atoms with Gasteiger partial charge in [-0.15, -0.1) is 0 Å². The van der Waals surface area contributed by atoms with Gasteiger partial charge in [0.05, 0.1) is 17.2 Å². The maximum absolute atomic E-state index is 13.7. The maximum Gasteiger partial charge on any atom is 0.262 e. The largest absolute Gasteiger partial charge is 0.334 e. The lowest BCUT2D eigenvalue weighted by atomic mass is 9.76. The summed E-state index contributed by atoms with van der Waals surface area (Å²) in [7, 11) is 0. The molecule has 3 aromatic carbocycles. The zero-order chi connectivity index (χ0) is 23.7. The van der Waals surface area contributed by atoms with Gasteiger partial charge < -0.3 is 4.90 Å². The number of fused-ring (bicyclic) bond motifs is 2. The van der Waals surface area contributed by atoms with E-state index in [2.05, 4.69) is 24.3 Å². The fraction of sp³-hybridized carbons (Fsp3) is 0.276. The van der Waals surface area contributed by atoms with E-state index in [0.29, 0.717) is 17.7 Å². The molecule has 0 spiro atoms. The van der Waals surface area contributed by atoms with Crippen molar-refractivity contribution in [3.05, 3.63) is 107 Å². The number of benzene rings is 3. The van der Waals surface area contributed by atoms with Crippen molar-refractivity contribution in [3.63, 3.8) is 0 Å². The van der Waals surface area contributed by atoms with Gasteiger partial charge in [0.15, 0.2) is 0 Å². The molecule has 2 unspecified atom stereocenters. The van der Waals surface area contributed by atoms with Crippen molar-refractivity contribution < 1.29 is 14.4 Å². The Bertz CT molecular complexity index is 1200. The Morgan fingerprint density at radius 2 is 1.50 bits per heavy atom.